The van der Waals surface area contributed by atoms with Crippen LogP contribution in [-0.4, -0.2) is 44.8 Å². The number of carbonyl (C=O) groups is 2. The fourth-order valence-electron chi connectivity index (χ4n) is 3.64. The molecule has 0 aliphatic carbocycles. The highest BCUT2D eigenvalue weighted by atomic mass is 16.2. The number of hydrogen-bond acceptors (Lipinski definition) is 2. The maximum absolute atomic E-state index is 13.3. The van der Waals surface area contributed by atoms with E-state index in [1.807, 2.05) is 24.8 Å². The van der Waals surface area contributed by atoms with Gasteiger partial charge in [-0.1, -0.05) is 38.1 Å². The van der Waals surface area contributed by atoms with Gasteiger partial charge in [0.15, 0.2) is 0 Å². The van der Waals surface area contributed by atoms with Gasteiger partial charge in [0.05, 0.1) is 13.1 Å². The number of carbonyl (C=O) groups excluding carboxylic acids is 2. The Bertz CT molecular complexity index is 842. The lowest BCUT2D eigenvalue weighted by atomic mass is 10.1. The molecule has 0 aliphatic heterocycles. The fourth-order valence-corrected chi connectivity index (χ4v) is 3.64. The quantitative estimate of drug-likeness (QED) is 0.573. The van der Waals surface area contributed by atoms with Crippen molar-refractivity contribution >= 4 is 11.8 Å². The molecule has 0 fully saturated rings. The summed E-state index contributed by atoms with van der Waals surface area (Å²) in [5.41, 5.74) is 3.64. The van der Waals surface area contributed by atoms with Crippen molar-refractivity contribution < 1.29 is 9.59 Å². The summed E-state index contributed by atoms with van der Waals surface area (Å²) in [4.78, 5) is 29.0. The Kier molecular flexibility index (Phi) is 8.70. The summed E-state index contributed by atoms with van der Waals surface area (Å²) in [6.45, 7) is 13.3. The van der Waals surface area contributed by atoms with E-state index in [1.54, 1.807) is 11.8 Å². The predicted octanol–water partition coefficient (Wildman–Crippen LogP) is 4.62. The molecule has 164 valence electrons. The molecule has 0 radical (unpaired) electrons. The van der Waals surface area contributed by atoms with Gasteiger partial charge in [0.2, 0.25) is 11.8 Å². The minimum Gasteiger partial charge on any atom is -0.345 e. The van der Waals surface area contributed by atoms with Gasteiger partial charge in [0.1, 0.15) is 0 Å². The second-order valence-corrected chi connectivity index (χ2v) is 8.24. The number of hydrogen-bond donors (Lipinski definition) is 0. The largest absolute Gasteiger partial charge is 0.345 e. The maximum Gasteiger partial charge on any atom is 0.242 e. The molecule has 5 nitrogen and oxygen atoms in total. The van der Waals surface area contributed by atoms with Gasteiger partial charge in [-0.05, 0) is 56.9 Å². The highest BCUT2D eigenvalue weighted by molar-refractivity contribution is 5.84. The summed E-state index contributed by atoms with van der Waals surface area (Å²) < 4.78 is 2.21. The van der Waals surface area contributed by atoms with Crippen LogP contribution in [0.4, 0.5) is 0 Å². The molecule has 2 atom stereocenters. The number of amides is 2. The molecule has 1 aromatic heterocycles. The number of aryl methyl sites for hydroxylation is 1. The Morgan fingerprint density at radius 1 is 0.967 bits per heavy atom. The highest BCUT2D eigenvalue weighted by Crippen LogP contribution is 2.17. The van der Waals surface area contributed by atoms with E-state index in [1.165, 1.54) is 11.1 Å². The summed E-state index contributed by atoms with van der Waals surface area (Å²) in [6.07, 6.45) is 3.77. The van der Waals surface area contributed by atoms with E-state index in [9.17, 15) is 9.59 Å². The van der Waals surface area contributed by atoms with Gasteiger partial charge >= 0.3 is 0 Å². The first kappa shape index (κ1) is 23.7. The number of rotatable bonds is 10. The molecule has 30 heavy (non-hydrogen) atoms. The molecular weight excluding hydrogens is 374 g/mol. The van der Waals surface area contributed by atoms with E-state index in [4.69, 9.17) is 0 Å². The third-order valence-corrected chi connectivity index (χ3v) is 6.13. The Balaban J connectivity index is 2.21. The van der Waals surface area contributed by atoms with Crippen molar-refractivity contribution in [2.24, 2.45) is 0 Å². The first-order valence-corrected chi connectivity index (χ1v) is 11.0. The summed E-state index contributed by atoms with van der Waals surface area (Å²) in [7, 11) is 0. The highest BCUT2D eigenvalue weighted by Gasteiger charge is 2.25. The molecule has 2 rings (SSSR count). The predicted molar refractivity (Wildman–Crippen MR) is 122 cm³/mol. The van der Waals surface area contributed by atoms with E-state index >= 15 is 0 Å². The van der Waals surface area contributed by atoms with Crippen LogP contribution in [0.3, 0.4) is 0 Å². The lowest BCUT2D eigenvalue weighted by Crippen LogP contribution is -2.48. The zero-order valence-corrected chi connectivity index (χ0v) is 19.4. The first-order chi connectivity index (χ1) is 14.3. The summed E-state index contributed by atoms with van der Waals surface area (Å²) >= 11 is 0. The van der Waals surface area contributed by atoms with Crippen LogP contribution < -0.4 is 0 Å². The van der Waals surface area contributed by atoms with E-state index in [-0.39, 0.29) is 30.4 Å². The second-order valence-electron chi connectivity index (χ2n) is 8.24. The van der Waals surface area contributed by atoms with Gasteiger partial charge in [-0.15, -0.1) is 0 Å². The molecule has 0 unspecified atom stereocenters. The molecule has 5 heteroatoms. The Hall–Kier alpha value is -2.56. The molecule has 1 aromatic carbocycles. The third-order valence-electron chi connectivity index (χ3n) is 6.13. The molecule has 1 heterocycles. The third kappa shape index (κ3) is 5.97. The second kappa shape index (κ2) is 11.0. The molecule has 0 bridgehead atoms. The van der Waals surface area contributed by atoms with Crippen LogP contribution in [0.5, 0.6) is 0 Å². The van der Waals surface area contributed by atoms with Crippen LogP contribution in [0.2, 0.25) is 0 Å². The average molecular weight is 412 g/mol. The number of nitrogens with zero attached hydrogens (tertiary/aromatic N) is 3. The van der Waals surface area contributed by atoms with E-state index in [0.717, 1.165) is 25.1 Å². The molecule has 0 saturated carbocycles. The van der Waals surface area contributed by atoms with Crippen LogP contribution in [0, 0.1) is 6.92 Å². The minimum atomic E-state index is -0.0512. The zero-order chi connectivity index (χ0) is 22.3. The molecule has 0 aliphatic rings. The van der Waals surface area contributed by atoms with Crippen molar-refractivity contribution in [3.8, 4) is 0 Å². The van der Waals surface area contributed by atoms with Crippen molar-refractivity contribution in [1.29, 1.82) is 0 Å². The molecule has 0 spiro atoms. The lowest BCUT2D eigenvalue weighted by molar-refractivity contribution is -0.142. The average Bonchev–Trinajstić information content (AvgIpc) is 3.17. The SMILES string of the molecule is CC[C@@H](C)N(CC(=O)N(Cc1cccn1Cc1ccccc1C)[C@H](C)CC)C(C)=O. The number of aromatic nitrogens is 1. The zero-order valence-electron chi connectivity index (χ0n) is 19.4. The summed E-state index contributed by atoms with van der Waals surface area (Å²) in [5, 5.41) is 0. The molecule has 2 aromatic rings. The Morgan fingerprint density at radius 2 is 1.60 bits per heavy atom. The van der Waals surface area contributed by atoms with Crippen LogP contribution in [-0.2, 0) is 22.7 Å². The molecular formula is C25H37N3O2. The van der Waals surface area contributed by atoms with Crippen LogP contribution in [0.1, 0.15) is 64.3 Å². The standard InChI is InChI=1S/C25H37N3O2/c1-7-20(4)27(22(6)29)18-25(30)28(21(5)8-2)17-24-14-11-15-26(24)16-23-13-10-9-12-19(23)3/h9-15,20-21H,7-8,16-18H2,1-6H3/t20-,21-/m1/s1. The Labute approximate surface area is 181 Å². The van der Waals surface area contributed by atoms with Crippen LogP contribution in [0.25, 0.3) is 0 Å². The van der Waals surface area contributed by atoms with Gasteiger partial charge < -0.3 is 14.4 Å². The molecule has 0 saturated heterocycles. The smallest absolute Gasteiger partial charge is 0.242 e. The summed E-state index contributed by atoms with van der Waals surface area (Å²) in [5.74, 6) is -0.0479. The first-order valence-electron chi connectivity index (χ1n) is 11.0. The van der Waals surface area contributed by atoms with Crippen molar-refractivity contribution in [3.05, 3.63) is 59.4 Å². The van der Waals surface area contributed by atoms with Gasteiger partial charge in [-0.2, -0.15) is 0 Å². The topological polar surface area (TPSA) is 45.6 Å². The fraction of sp³-hybridized carbons (Fsp3) is 0.520. The molecule has 0 N–H and O–H groups in total. The van der Waals surface area contributed by atoms with Crippen molar-refractivity contribution in [3.63, 3.8) is 0 Å². The summed E-state index contributed by atoms with van der Waals surface area (Å²) in [6, 6.07) is 12.7. The van der Waals surface area contributed by atoms with Crippen molar-refractivity contribution in [1.82, 2.24) is 14.4 Å². The van der Waals surface area contributed by atoms with Crippen molar-refractivity contribution in [2.45, 2.75) is 79.6 Å². The number of benzene rings is 1. The van der Waals surface area contributed by atoms with Gasteiger partial charge in [0.25, 0.3) is 0 Å². The van der Waals surface area contributed by atoms with Gasteiger partial charge in [-0.3, -0.25) is 9.59 Å². The normalized spacial score (nSPS) is 13.0. The van der Waals surface area contributed by atoms with E-state index in [0.29, 0.717) is 6.54 Å². The van der Waals surface area contributed by atoms with Crippen molar-refractivity contribution in [2.75, 3.05) is 6.54 Å². The van der Waals surface area contributed by atoms with Gasteiger partial charge in [0, 0.05) is 37.4 Å². The molecule has 2 amide bonds. The minimum absolute atomic E-state index is 0.00323. The van der Waals surface area contributed by atoms with Gasteiger partial charge in [-0.25, -0.2) is 0 Å². The van der Waals surface area contributed by atoms with Crippen LogP contribution >= 0.6 is 0 Å². The van der Waals surface area contributed by atoms with Crippen LogP contribution in [0.15, 0.2) is 42.6 Å². The lowest BCUT2D eigenvalue weighted by Gasteiger charge is -2.33. The van der Waals surface area contributed by atoms with E-state index < -0.39 is 0 Å². The van der Waals surface area contributed by atoms with E-state index in [2.05, 4.69) is 61.9 Å². The Morgan fingerprint density at radius 3 is 2.20 bits per heavy atom. The maximum atomic E-state index is 13.3. The monoisotopic (exact) mass is 411 g/mol.